The van der Waals surface area contributed by atoms with E-state index in [2.05, 4.69) is 20.4 Å². The van der Waals surface area contributed by atoms with Crippen molar-refractivity contribution in [1.82, 2.24) is 15.5 Å². The maximum atomic E-state index is 12.9. The van der Waals surface area contributed by atoms with Crippen molar-refractivity contribution in [3.8, 4) is 0 Å². The van der Waals surface area contributed by atoms with E-state index in [0.717, 1.165) is 61.7 Å². The highest BCUT2D eigenvalue weighted by Crippen LogP contribution is 2.24. The zero-order valence-corrected chi connectivity index (χ0v) is 19.5. The number of carbonyl (C=O) groups excluding carboxylic acids is 2. The molecule has 7 heteroatoms. The quantitative estimate of drug-likeness (QED) is 0.643. The van der Waals surface area contributed by atoms with Gasteiger partial charge in [-0.3, -0.25) is 9.59 Å². The van der Waals surface area contributed by atoms with E-state index in [4.69, 9.17) is 0 Å². The van der Waals surface area contributed by atoms with Crippen LogP contribution in [0.5, 0.6) is 0 Å². The Kier molecular flexibility index (Phi) is 8.18. The van der Waals surface area contributed by atoms with Crippen LogP contribution in [0.4, 0.5) is 5.69 Å². The first kappa shape index (κ1) is 22.8. The van der Waals surface area contributed by atoms with Gasteiger partial charge in [-0.25, -0.2) is 0 Å². The zero-order valence-electron chi connectivity index (χ0n) is 18.7. The summed E-state index contributed by atoms with van der Waals surface area (Å²) >= 11 is 1.62. The third-order valence-corrected chi connectivity index (χ3v) is 7.30. The minimum atomic E-state index is 0.00369. The van der Waals surface area contributed by atoms with Gasteiger partial charge in [0.15, 0.2) is 0 Å². The Balaban J connectivity index is 1.26. The summed E-state index contributed by atoms with van der Waals surface area (Å²) in [4.78, 5) is 31.0. The van der Waals surface area contributed by atoms with Gasteiger partial charge in [-0.15, -0.1) is 11.3 Å². The number of para-hydroxylation sites is 1. The van der Waals surface area contributed by atoms with Crippen LogP contribution in [0.15, 0.2) is 41.8 Å². The van der Waals surface area contributed by atoms with Gasteiger partial charge in [0.05, 0.1) is 12.0 Å². The van der Waals surface area contributed by atoms with Crippen LogP contribution in [0.1, 0.15) is 47.3 Å². The number of benzene rings is 1. The zero-order chi connectivity index (χ0) is 22.2. The molecule has 0 atom stereocenters. The Morgan fingerprint density at radius 2 is 1.75 bits per heavy atom. The van der Waals surface area contributed by atoms with Crippen LogP contribution in [-0.4, -0.2) is 62.0 Å². The van der Waals surface area contributed by atoms with Crippen LogP contribution < -0.4 is 15.5 Å². The molecular weight excluding hydrogens is 420 g/mol. The second-order valence-corrected chi connectivity index (χ2v) is 9.79. The molecule has 2 aliphatic rings. The van der Waals surface area contributed by atoms with Crippen molar-refractivity contribution >= 4 is 28.8 Å². The largest absolute Gasteiger partial charge is 0.371 e. The van der Waals surface area contributed by atoms with Gasteiger partial charge in [-0.2, -0.15) is 0 Å². The SMILES string of the molecule is O=C(Cc1cccs1)NC1CCN(c2ccccc2C(=O)NCCN2CCCCC2)CC1. The first-order valence-electron chi connectivity index (χ1n) is 11.9. The highest BCUT2D eigenvalue weighted by molar-refractivity contribution is 7.10. The summed E-state index contributed by atoms with van der Waals surface area (Å²) < 4.78 is 0. The van der Waals surface area contributed by atoms with E-state index in [0.29, 0.717) is 13.0 Å². The van der Waals surface area contributed by atoms with Gasteiger partial charge < -0.3 is 20.4 Å². The first-order valence-corrected chi connectivity index (χ1v) is 12.7. The fraction of sp³-hybridized carbons (Fsp3) is 0.520. The topological polar surface area (TPSA) is 64.7 Å². The molecule has 3 heterocycles. The number of nitrogens with zero attached hydrogens (tertiary/aromatic N) is 2. The van der Waals surface area contributed by atoms with Gasteiger partial charge >= 0.3 is 0 Å². The molecule has 2 aliphatic heterocycles. The monoisotopic (exact) mass is 454 g/mol. The van der Waals surface area contributed by atoms with Crippen molar-refractivity contribution in [3.05, 3.63) is 52.2 Å². The van der Waals surface area contributed by atoms with Gasteiger partial charge in [0.2, 0.25) is 5.91 Å². The first-order chi connectivity index (χ1) is 15.7. The van der Waals surface area contributed by atoms with Crippen molar-refractivity contribution in [2.75, 3.05) is 44.2 Å². The molecule has 32 heavy (non-hydrogen) atoms. The number of piperidine rings is 2. The van der Waals surface area contributed by atoms with Gasteiger partial charge in [-0.1, -0.05) is 24.6 Å². The lowest BCUT2D eigenvalue weighted by Crippen LogP contribution is -2.45. The molecule has 1 aromatic carbocycles. The van der Waals surface area contributed by atoms with Gasteiger partial charge in [0, 0.05) is 42.8 Å². The number of hydrogen-bond donors (Lipinski definition) is 2. The summed E-state index contributed by atoms with van der Waals surface area (Å²) in [6, 6.07) is 12.1. The second kappa shape index (κ2) is 11.5. The molecule has 0 bridgehead atoms. The van der Waals surface area contributed by atoms with E-state index in [1.807, 2.05) is 41.8 Å². The molecule has 0 aliphatic carbocycles. The molecule has 0 unspecified atom stereocenters. The van der Waals surface area contributed by atoms with Crippen LogP contribution in [0.25, 0.3) is 0 Å². The minimum Gasteiger partial charge on any atom is -0.371 e. The Bertz CT molecular complexity index is 872. The molecule has 0 radical (unpaired) electrons. The Morgan fingerprint density at radius 3 is 2.50 bits per heavy atom. The maximum Gasteiger partial charge on any atom is 0.253 e. The predicted molar refractivity (Wildman–Crippen MR) is 130 cm³/mol. The number of amides is 2. The smallest absolute Gasteiger partial charge is 0.253 e. The number of anilines is 1. The van der Waals surface area contributed by atoms with Crippen LogP contribution in [0.2, 0.25) is 0 Å². The van der Waals surface area contributed by atoms with Crippen LogP contribution >= 0.6 is 11.3 Å². The lowest BCUT2D eigenvalue weighted by Gasteiger charge is -2.35. The Labute approximate surface area is 195 Å². The third kappa shape index (κ3) is 6.33. The molecule has 2 N–H and O–H groups in total. The van der Waals surface area contributed by atoms with Crippen LogP contribution in [0.3, 0.4) is 0 Å². The fourth-order valence-corrected chi connectivity index (χ4v) is 5.37. The lowest BCUT2D eigenvalue weighted by molar-refractivity contribution is -0.121. The number of hydrogen-bond acceptors (Lipinski definition) is 5. The molecule has 2 amide bonds. The van der Waals surface area contributed by atoms with Crippen molar-refractivity contribution in [2.45, 2.75) is 44.6 Å². The molecule has 0 spiro atoms. The fourth-order valence-electron chi connectivity index (χ4n) is 4.66. The molecule has 2 aromatic rings. The minimum absolute atomic E-state index is 0.00369. The van der Waals surface area contributed by atoms with Crippen LogP contribution in [0, 0.1) is 0 Å². The van der Waals surface area contributed by atoms with E-state index in [1.54, 1.807) is 11.3 Å². The molecule has 2 fully saturated rings. The van der Waals surface area contributed by atoms with Gasteiger partial charge in [-0.05, 0) is 62.4 Å². The number of rotatable bonds is 8. The number of thiophene rings is 1. The molecular formula is C25H34N4O2S. The average Bonchev–Trinajstić information content (AvgIpc) is 3.33. The molecule has 172 valence electrons. The van der Waals surface area contributed by atoms with E-state index in [1.165, 1.54) is 19.3 Å². The van der Waals surface area contributed by atoms with Gasteiger partial charge in [0.25, 0.3) is 5.91 Å². The van der Waals surface area contributed by atoms with Crippen molar-refractivity contribution in [3.63, 3.8) is 0 Å². The van der Waals surface area contributed by atoms with Crippen LogP contribution in [-0.2, 0) is 11.2 Å². The van der Waals surface area contributed by atoms with Crippen molar-refractivity contribution in [1.29, 1.82) is 0 Å². The summed E-state index contributed by atoms with van der Waals surface area (Å²) in [7, 11) is 0. The summed E-state index contributed by atoms with van der Waals surface area (Å²) in [6.45, 7) is 5.57. The Morgan fingerprint density at radius 1 is 0.969 bits per heavy atom. The van der Waals surface area contributed by atoms with E-state index in [-0.39, 0.29) is 17.9 Å². The lowest BCUT2D eigenvalue weighted by atomic mass is 10.0. The predicted octanol–water partition coefficient (Wildman–Crippen LogP) is 3.29. The van der Waals surface area contributed by atoms with Crippen molar-refractivity contribution in [2.24, 2.45) is 0 Å². The summed E-state index contributed by atoms with van der Waals surface area (Å²) in [6.07, 6.45) is 6.09. The van der Waals surface area contributed by atoms with E-state index < -0.39 is 0 Å². The second-order valence-electron chi connectivity index (χ2n) is 8.76. The summed E-state index contributed by atoms with van der Waals surface area (Å²) in [5, 5.41) is 8.30. The number of likely N-dealkylation sites (tertiary alicyclic amines) is 1. The number of nitrogens with one attached hydrogen (secondary N) is 2. The molecule has 6 nitrogen and oxygen atoms in total. The average molecular weight is 455 g/mol. The van der Waals surface area contributed by atoms with E-state index >= 15 is 0 Å². The molecule has 4 rings (SSSR count). The number of carbonyl (C=O) groups is 2. The van der Waals surface area contributed by atoms with Gasteiger partial charge in [0.1, 0.15) is 0 Å². The normalized spacial score (nSPS) is 17.8. The standard InChI is InChI=1S/C25H34N4O2S/c30-24(19-21-7-6-18-32-21)27-20-10-15-29(16-11-20)23-9-3-2-8-22(23)25(31)26-12-17-28-13-4-1-5-14-28/h2-3,6-9,18,20H,1,4-5,10-17,19H2,(H,26,31)(H,27,30). The molecule has 2 saturated heterocycles. The van der Waals surface area contributed by atoms with Crippen molar-refractivity contribution < 1.29 is 9.59 Å². The maximum absolute atomic E-state index is 12.9. The highest BCUT2D eigenvalue weighted by atomic mass is 32.1. The molecule has 1 aromatic heterocycles. The Hall–Kier alpha value is -2.38. The molecule has 0 saturated carbocycles. The van der Waals surface area contributed by atoms with E-state index in [9.17, 15) is 9.59 Å². The third-order valence-electron chi connectivity index (χ3n) is 6.43. The summed E-state index contributed by atoms with van der Waals surface area (Å²) in [5.74, 6) is 0.100. The highest BCUT2D eigenvalue weighted by Gasteiger charge is 2.24. The summed E-state index contributed by atoms with van der Waals surface area (Å²) in [5.41, 5.74) is 1.73.